The van der Waals surface area contributed by atoms with Crippen LogP contribution < -0.4 is 0 Å². The van der Waals surface area contributed by atoms with Gasteiger partial charge in [0, 0.05) is 37.8 Å². The van der Waals surface area contributed by atoms with E-state index < -0.39 is 11.9 Å². The maximum absolute atomic E-state index is 13.5. The molecule has 2 atom stereocenters. The van der Waals surface area contributed by atoms with Gasteiger partial charge in [0.25, 0.3) is 0 Å². The molecule has 1 aromatic rings. The number of likely N-dealkylation sites (tertiary alicyclic amines) is 1. The molecule has 1 aromatic carbocycles. The molecule has 0 radical (unpaired) electrons. The zero-order valence-electron chi connectivity index (χ0n) is 13.6. The largest absolute Gasteiger partial charge is 0.508 e. The van der Waals surface area contributed by atoms with Gasteiger partial charge in [-0.05, 0) is 30.5 Å². The molecule has 7 heteroatoms. The van der Waals surface area contributed by atoms with E-state index in [2.05, 4.69) is 0 Å². The van der Waals surface area contributed by atoms with Crippen molar-refractivity contribution in [2.24, 2.45) is 0 Å². The van der Waals surface area contributed by atoms with Gasteiger partial charge in [-0.2, -0.15) is 0 Å². The van der Waals surface area contributed by atoms with Crippen LogP contribution in [0.15, 0.2) is 18.2 Å². The summed E-state index contributed by atoms with van der Waals surface area (Å²) < 4.78 is 13.5. The third-order valence-electron chi connectivity index (χ3n) is 4.68. The predicted octanol–water partition coefficient (Wildman–Crippen LogP) is 2.16. The number of phenols is 1. The van der Waals surface area contributed by atoms with Crippen LogP contribution in [0.25, 0.3) is 0 Å². The number of aromatic hydroxyl groups is 1. The molecular formula is C17H21FN2O3S. The Hall–Kier alpha value is -1.76. The maximum atomic E-state index is 13.5. The number of carbonyl (C=O) groups excluding carboxylic acids is 2. The van der Waals surface area contributed by atoms with Gasteiger partial charge in [0.05, 0.1) is 5.88 Å². The summed E-state index contributed by atoms with van der Waals surface area (Å²) in [5, 5.41) is 9.60. The average molecular weight is 352 g/mol. The van der Waals surface area contributed by atoms with Gasteiger partial charge in [-0.1, -0.05) is 0 Å². The van der Waals surface area contributed by atoms with Crippen molar-refractivity contribution < 1.29 is 19.1 Å². The number of hydrogen-bond acceptors (Lipinski definition) is 4. The van der Waals surface area contributed by atoms with Gasteiger partial charge in [0.2, 0.25) is 11.8 Å². The second-order valence-electron chi connectivity index (χ2n) is 6.37. The first-order chi connectivity index (χ1) is 11.5. The first-order valence-electron chi connectivity index (χ1n) is 8.09. The van der Waals surface area contributed by atoms with Crippen molar-refractivity contribution in [2.45, 2.75) is 31.7 Å². The summed E-state index contributed by atoms with van der Waals surface area (Å²) in [4.78, 5) is 27.9. The number of nitrogens with zero attached hydrogens (tertiary/aromatic N) is 2. The fourth-order valence-corrected chi connectivity index (χ4v) is 4.66. The van der Waals surface area contributed by atoms with Crippen molar-refractivity contribution in [2.75, 3.05) is 24.7 Å². The summed E-state index contributed by atoms with van der Waals surface area (Å²) in [5.41, 5.74) is 0.717. The monoisotopic (exact) mass is 352 g/mol. The van der Waals surface area contributed by atoms with Crippen LogP contribution >= 0.6 is 11.8 Å². The minimum atomic E-state index is -0.469. The van der Waals surface area contributed by atoms with Gasteiger partial charge >= 0.3 is 0 Å². The molecule has 2 aliphatic heterocycles. The Morgan fingerprint density at radius 2 is 2.12 bits per heavy atom. The lowest BCUT2D eigenvalue weighted by Gasteiger charge is -2.36. The molecule has 2 fully saturated rings. The normalized spacial score (nSPS) is 24.2. The second-order valence-corrected chi connectivity index (χ2v) is 7.37. The molecule has 2 heterocycles. The molecule has 24 heavy (non-hydrogen) atoms. The Balaban J connectivity index is 1.73. The fraction of sp³-hybridized carbons (Fsp3) is 0.529. The predicted molar refractivity (Wildman–Crippen MR) is 90.3 cm³/mol. The Morgan fingerprint density at radius 3 is 2.83 bits per heavy atom. The molecule has 1 unspecified atom stereocenters. The van der Waals surface area contributed by atoms with Gasteiger partial charge in [-0.25, -0.2) is 4.39 Å². The van der Waals surface area contributed by atoms with Crippen molar-refractivity contribution in [1.29, 1.82) is 0 Å². The number of thioether (sulfide) groups is 1. The highest BCUT2D eigenvalue weighted by atomic mass is 32.2. The van der Waals surface area contributed by atoms with Gasteiger partial charge in [-0.3, -0.25) is 9.59 Å². The van der Waals surface area contributed by atoms with Crippen LogP contribution in [0.2, 0.25) is 0 Å². The SMILES string of the molecule is CC(=O)N1CSC[C@@H]1C(=O)N1CCCC(c2cc(O)cc(F)c2)C1. The zero-order valence-corrected chi connectivity index (χ0v) is 14.4. The summed E-state index contributed by atoms with van der Waals surface area (Å²) >= 11 is 1.59. The molecule has 0 saturated carbocycles. The highest BCUT2D eigenvalue weighted by Gasteiger charge is 2.37. The summed E-state index contributed by atoms with van der Waals surface area (Å²) in [5.74, 6) is 0.514. The molecule has 130 valence electrons. The van der Waals surface area contributed by atoms with E-state index in [-0.39, 0.29) is 23.5 Å². The third kappa shape index (κ3) is 3.50. The highest BCUT2D eigenvalue weighted by Crippen LogP contribution is 2.31. The van der Waals surface area contributed by atoms with E-state index in [1.807, 2.05) is 0 Å². The molecule has 2 saturated heterocycles. The Kier molecular flexibility index (Phi) is 4.99. The lowest BCUT2D eigenvalue weighted by atomic mass is 9.90. The lowest BCUT2D eigenvalue weighted by Crippen LogP contribution is -2.50. The average Bonchev–Trinajstić information content (AvgIpc) is 3.03. The number of halogens is 1. The number of rotatable bonds is 2. The van der Waals surface area contributed by atoms with Gasteiger partial charge in [0.1, 0.15) is 17.6 Å². The summed E-state index contributed by atoms with van der Waals surface area (Å²) in [6.45, 7) is 2.64. The van der Waals surface area contributed by atoms with Crippen LogP contribution in [0.5, 0.6) is 5.75 Å². The Labute approximate surface area is 144 Å². The van der Waals surface area contributed by atoms with Crippen molar-refractivity contribution in [3.05, 3.63) is 29.6 Å². The van der Waals surface area contributed by atoms with Crippen molar-refractivity contribution in [3.63, 3.8) is 0 Å². The number of phenolic OH excluding ortho intramolecular Hbond substituents is 1. The first kappa shape index (κ1) is 17.1. The molecule has 5 nitrogen and oxygen atoms in total. The molecule has 0 spiro atoms. The molecule has 2 amide bonds. The molecule has 0 bridgehead atoms. The van der Waals surface area contributed by atoms with Gasteiger partial charge in [-0.15, -0.1) is 11.8 Å². The number of amides is 2. The topological polar surface area (TPSA) is 60.9 Å². The smallest absolute Gasteiger partial charge is 0.246 e. The molecule has 0 aliphatic carbocycles. The number of piperidine rings is 1. The van der Waals surface area contributed by atoms with Crippen LogP contribution in [0, 0.1) is 5.82 Å². The third-order valence-corrected chi connectivity index (χ3v) is 5.69. The molecule has 2 aliphatic rings. The van der Waals surface area contributed by atoms with E-state index in [1.54, 1.807) is 27.6 Å². The van der Waals surface area contributed by atoms with E-state index in [4.69, 9.17) is 0 Å². The standard InChI is InChI=1S/C17H21FN2O3S/c1-11(21)20-10-24-9-16(20)17(23)19-4-2-3-12(8-19)13-5-14(18)7-15(22)6-13/h5-7,12,16,22H,2-4,8-10H2,1H3/t12?,16-/m1/s1. The first-order valence-corrected chi connectivity index (χ1v) is 9.24. The van der Waals surface area contributed by atoms with E-state index in [9.17, 15) is 19.1 Å². The van der Waals surface area contributed by atoms with Gasteiger partial charge < -0.3 is 14.9 Å². The van der Waals surface area contributed by atoms with Crippen molar-refractivity contribution in [1.82, 2.24) is 9.80 Å². The minimum absolute atomic E-state index is 0.00383. The van der Waals surface area contributed by atoms with E-state index in [0.29, 0.717) is 30.3 Å². The second kappa shape index (κ2) is 7.01. The fourth-order valence-electron chi connectivity index (χ4n) is 3.45. The van der Waals surface area contributed by atoms with Crippen molar-refractivity contribution in [3.8, 4) is 5.75 Å². The van der Waals surface area contributed by atoms with Crippen LogP contribution in [0.1, 0.15) is 31.2 Å². The Bertz CT molecular complexity index is 634. The van der Waals surface area contributed by atoms with Crippen LogP contribution in [-0.2, 0) is 9.59 Å². The molecule has 0 aromatic heterocycles. The zero-order chi connectivity index (χ0) is 17.3. The summed E-state index contributed by atoms with van der Waals surface area (Å²) in [6, 6.07) is 3.67. The van der Waals surface area contributed by atoms with Crippen LogP contribution in [0.3, 0.4) is 0 Å². The highest BCUT2D eigenvalue weighted by molar-refractivity contribution is 7.99. The number of benzene rings is 1. The molecular weight excluding hydrogens is 331 g/mol. The van der Waals surface area contributed by atoms with E-state index >= 15 is 0 Å². The number of hydrogen-bond donors (Lipinski definition) is 1. The summed E-state index contributed by atoms with van der Waals surface area (Å²) in [6.07, 6.45) is 1.68. The van der Waals surface area contributed by atoms with E-state index in [0.717, 1.165) is 18.9 Å². The number of carbonyl (C=O) groups is 2. The van der Waals surface area contributed by atoms with Crippen molar-refractivity contribution >= 4 is 23.6 Å². The maximum Gasteiger partial charge on any atom is 0.246 e. The molecule has 1 N–H and O–H groups in total. The minimum Gasteiger partial charge on any atom is -0.508 e. The van der Waals surface area contributed by atoms with Gasteiger partial charge in [0.15, 0.2) is 0 Å². The Morgan fingerprint density at radius 1 is 1.33 bits per heavy atom. The lowest BCUT2D eigenvalue weighted by molar-refractivity contribution is -0.143. The summed E-state index contributed by atoms with van der Waals surface area (Å²) in [7, 11) is 0. The van der Waals surface area contributed by atoms with E-state index in [1.165, 1.54) is 13.0 Å². The quantitative estimate of drug-likeness (QED) is 0.886. The molecule has 3 rings (SSSR count). The van der Waals surface area contributed by atoms with Crippen LogP contribution in [0.4, 0.5) is 4.39 Å². The van der Waals surface area contributed by atoms with Crippen LogP contribution in [-0.4, -0.2) is 57.5 Å².